The first-order chi connectivity index (χ1) is 13.1. The highest BCUT2D eigenvalue weighted by Crippen LogP contribution is 2.30. The Kier molecular flexibility index (Phi) is 6.86. The summed E-state index contributed by atoms with van der Waals surface area (Å²) >= 11 is 1.32. The maximum atomic E-state index is 12.8. The quantitative estimate of drug-likeness (QED) is 0.818. The maximum absolute atomic E-state index is 12.8. The van der Waals surface area contributed by atoms with Crippen molar-refractivity contribution in [1.29, 1.82) is 0 Å². The molecule has 1 atom stereocenters. The van der Waals surface area contributed by atoms with Crippen LogP contribution in [0, 0.1) is 6.92 Å². The lowest BCUT2D eigenvalue weighted by molar-refractivity contribution is -0.130. The highest BCUT2D eigenvalue weighted by Gasteiger charge is 2.26. The fourth-order valence-corrected chi connectivity index (χ4v) is 3.96. The molecule has 8 heteroatoms. The highest BCUT2D eigenvalue weighted by molar-refractivity contribution is 8.00. The van der Waals surface area contributed by atoms with E-state index in [-0.39, 0.29) is 29.4 Å². The van der Waals surface area contributed by atoms with Crippen LogP contribution in [0.5, 0.6) is 0 Å². The minimum Gasteiger partial charge on any atom is -0.360 e. The van der Waals surface area contributed by atoms with Crippen LogP contribution in [0.4, 0.5) is 5.82 Å². The van der Waals surface area contributed by atoms with E-state index >= 15 is 0 Å². The van der Waals surface area contributed by atoms with E-state index < -0.39 is 0 Å². The van der Waals surface area contributed by atoms with Crippen molar-refractivity contribution in [2.24, 2.45) is 0 Å². The average Bonchev–Trinajstić information content (AvgIpc) is 2.93. The zero-order chi connectivity index (χ0) is 19.1. The Morgan fingerprint density at radius 2 is 2.07 bits per heavy atom. The fraction of sp³-hybridized carbons (Fsp3) is 0.474. The molecule has 0 radical (unpaired) electrons. The van der Waals surface area contributed by atoms with E-state index in [2.05, 4.69) is 15.5 Å². The number of pyridine rings is 1. The molecule has 1 N–H and O–H groups in total. The van der Waals surface area contributed by atoms with Crippen LogP contribution in [0.2, 0.25) is 0 Å². The lowest BCUT2D eigenvalue weighted by atomic mass is 10.0. The van der Waals surface area contributed by atoms with Crippen molar-refractivity contribution in [1.82, 2.24) is 15.0 Å². The molecule has 1 aliphatic rings. The first-order valence-electron chi connectivity index (χ1n) is 9.14. The first-order valence-corrected chi connectivity index (χ1v) is 10.3. The Bertz CT molecular complexity index is 765. The molecule has 0 spiro atoms. The van der Waals surface area contributed by atoms with E-state index in [1.165, 1.54) is 11.8 Å². The van der Waals surface area contributed by atoms with Gasteiger partial charge in [0.25, 0.3) is 0 Å². The predicted octanol–water partition coefficient (Wildman–Crippen LogP) is 3.19. The van der Waals surface area contributed by atoms with Gasteiger partial charge < -0.3 is 14.7 Å². The molecule has 2 aromatic rings. The summed E-state index contributed by atoms with van der Waals surface area (Å²) in [5.41, 5.74) is 1.13. The van der Waals surface area contributed by atoms with Crippen molar-refractivity contribution in [2.45, 2.75) is 38.6 Å². The zero-order valence-corrected chi connectivity index (χ0v) is 16.2. The Morgan fingerprint density at radius 3 is 2.81 bits per heavy atom. The van der Waals surface area contributed by atoms with Gasteiger partial charge in [0, 0.05) is 25.0 Å². The Balaban J connectivity index is 1.52. The number of thioether (sulfide) groups is 1. The normalized spacial score (nSPS) is 17.4. The van der Waals surface area contributed by atoms with Crippen LogP contribution in [0.3, 0.4) is 0 Å². The van der Waals surface area contributed by atoms with Crippen molar-refractivity contribution in [3.63, 3.8) is 0 Å². The van der Waals surface area contributed by atoms with Gasteiger partial charge in [0.1, 0.15) is 5.76 Å². The molecule has 1 unspecified atom stereocenters. The number of anilines is 1. The van der Waals surface area contributed by atoms with Gasteiger partial charge in [-0.25, -0.2) is 0 Å². The SMILES string of the molecule is Cc1cc(NC(=O)CSCC(=O)N2CCCCCC2c2ccncc2)no1. The van der Waals surface area contributed by atoms with Crippen LogP contribution in [-0.2, 0) is 9.59 Å². The van der Waals surface area contributed by atoms with Gasteiger partial charge in [0.05, 0.1) is 17.5 Å². The molecule has 1 fully saturated rings. The second kappa shape index (κ2) is 9.55. The van der Waals surface area contributed by atoms with Crippen molar-refractivity contribution in [3.05, 3.63) is 41.9 Å². The first kappa shape index (κ1) is 19.4. The number of nitrogens with one attached hydrogen (secondary N) is 1. The lowest BCUT2D eigenvalue weighted by Gasteiger charge is -2.30. The molecule has 144 valence electrons. The number of likely N-dealkylation sites (tertiary alicyclic amines) is 1. The van der Waals surface area contributed by atoms with Gasteiger partial charge >= 0.3 is 0 Å². The Morgan fingerprint density at radius 1 is 1.26 bits per heavy atom. The smallest absolute Gasteiger partial charge is 0.235 e. The van der Waals surface area contributed by atoms with Gasteiger partial charge in [-0.1, -0.05) is 18.0 Å². The second-order valence-electron chi connectivity index (χ2n) is 6.60. The van der Waals surface area contributed by atoms with Gasteiger partial charge in [-0.3, -0.25) is 14.6 Å². The number of carbonyl (C=O) groups is 2. The van der Waals surface area contributed by atoms with Crippen molar-refractivity contribution in [3.8, 4) is 0 Å². The van der Waals surface area contributed by atoms with Crippen molar-refractivity contribution < 1.29 is 14.1 Å². The molecule has 0 aliphatic carbocycles. The lowest BCUT2D eigenvalue weighted by Crippen LogP contribution is -2.36. The summed E-state index contributed by atoms with van der Waals surface area (Å²) in [5.74, 6) is 1.40. The minimum absolute atomic E-state index is 0.0776. The van der Waals surface area contributed by atoms with Gasteiger partial charge in [-0.15, -0.1) is 11.8 Å². The number of amides is 2. The highest BCUT2D eigenvalue weighted by atomic mass is 32.2. The van der Waals surface area contributed by atoms with Crippen LogP contribution in [-0.4, -0.2) is 44.9 Å². The average molecular weight is 388 g/mol. The molecule has 2 aromatic heterocycles. The zero-order valence-electron chi connectivity index (χ0n) is 15.4. The molecule has 2 amide bonds. The number of hydrogen-bond donors (Lipinski definition) is 1. The largest absolute Gasteiger partial charge is 0.360 e. The molecule has 0 aromatic carbocycles. The summed E-state index contributed by atoms with van der Waals surface area (Å²) in [6.07, 6.45) is 7.78. The van der Waals surface area contributed by atoms with Crippen molar-refractivity contribution >= 4 is 29.4 Å². The number of nitrogens with zero attached hydrogens (tertiary/aromatic N) is 3. The summed E-state index contributed by atoms with van der Waals surface area (Å²) in [7, 11) is 0. The van der Waals surface area contributed by atoms with Gasteiger partial charge in [0.2, 0.25) is 11.8 Å². The third kappa shape index (κ3) is 5.56. The Labute approximate surface area is 162 Å². The number of hydrogen-bond acceptors (Lipinski definition) is 6. The van der Waals surface area contributed by atoms with Gasteiger partial charge in [0.15, 0.2) is 5.82 Å². The minimum atomic E-state index is -0.192. The monoisotopic (exact) mass is 388 g/mol. The molecule has 27 heavy (non-hydrogen) atoms. The molecule has 1 aliphatic heterocycles. The van der Waals surface area contributed by atoms with E-state index in [4.69, 9.17) is 4.52 Å². The van der Waals surface area contributed by atoms with Gasteiger partial charge in [-0.2, -0.15) is 0 Å². The van der Waals surface area contributed by atoms with Crippen LogP contribution in [0.1, 0.15) is 43.0 Å². The predicted molar refractivity (Wildman–Crippen MR) is 104 cm³/mol. The molecular weight excluding hydrogens is 364 g/mol. The fourth-order valence-electron chi connectivity index (χ4n) is 3.26. The molecular formula is C19H24N4O3S. The topological polar surface area (TPSA) is 88.3 Å². The van der Waals surface area contributed by atoms with E-state index in [1.807, 2.05) is 17.0 Å². The Hall–Kier alpha value is -2.35. The van der Waals surface area contributed by atoms with Crippen LogP contribution in [0.25, 0.3) is 0 Å². The third-order valence-electron chi connectivity index (χ3n) is 4.52. The summed E-state index contributed by atoms with van der Waals surface area (Å²) < 4.78 is 4.92. The van der Waals surface area contributed by atoms with E-state index in [0.717, 1.165) is 37.8 Å². The standard InChI is InChI=1S/C19H24N4O3S/c1-14-11-17(22-26-14)21-18(24)12-27-13-19(25)23-10-4-2-3-5-16(23)15-6-8-20-9-7-15/h6-9,11,16H,2-5,10,12-13H2,1H3,(H,21,22,24). The van der Waals surface area contributed by atoms with Crippen LogP contribution >= 0.6 is 11.8 Å². The van der Waals surface area contributed by atoms with Gasteiger partial charge in [-0.05, 0) is 37.5 Å². The second-order valence-corrected chi connectivity index (χ2v) is 7.58. The van der Waals surface area contributed by atoms with Crippen LogP contribution < -0.4 is 5.32 Å². The summed E-state index contributed by atoms with van der Waals surface area (Å²) in [6, 6.07) is 5.72. The number of rotatable bonds is 6. The van der Waals surface area contributed by atoms with E-state index in [9.17, 15) is 9.59 Å². The third-order valence-corrected chi connectivity index (χ3v) is 5.44. The maximum Gasteiger partial charge on any atom is 0.235 e. The molecule has 7 nitrogen and oxygen atoms in total. The van der Waals surface area contributed by atoms with Crippen molar-refractivity contribution in [2.75, 3.05) is 23.4 Å². The summed E-state index contributed by atoms with van der Waals surface area (Å²) in [4.78, 5) is 30.8. The van der Waals surface area contributed by atoms with Crippen LogP contribution in [0.15, 0.2) is 35.1 Å². The number of carbonyl (C=O) groups excluding carboxylic acids is 2. The molecule has 1 saturated heterocycles. The molecule has 3 heterocycles. The summed E-state index contributed by atoms with van der Waals surface area (Å²) in [6.45, 7) is 2.52. The molecule has 3 rings (SSSR count). The number of aromatic nitrogens is 2. The molecule has 0 bridgehead atoms. The van der Waals surface area contributed by atoms with E-state index in [1.54, 1.807) is 25.4 Å². The number of aryl methyl sites for hydroxylation is 1. The van der Waals surface area contributed by atoms with E-state index in [0.29, 0.717) is 11.6 Å². The summed E-state index contributed by atoms with van der Waals surface area (Å²) in [5, 5.41) is 6.39. The molecule has 0 saturated carbocycles.